The zero-order valence-electron chi connectivity index (χ0n) is 7.06. The van der Waals surface area contributed by atoms with Crippen molar-refractivity contribution in [3.05, 3.63) is 0 Å². The Morgan fingerprint density at radius 2 is 2.27 bits per heavy atom. The molecule has 3 nitrogen and oxygen atoms in total. The SMILES string of the molecule is CC1(N)CNC2NCCCC21. The monoisotopic (exact) mass is 155 g/mol. The van der Waals surface area contributed by atoms with E-state index in [2.05, 4.69) is 17.6 Å². The lowest BCUT2D eigenvalue weighted by molar-refractivity contribution is 0.240. The van der Waals surface area contributed by atoms with Crippen molar-refractivity contribution in [2.24, 2.45) is 11.7 Å². The lowest BCUT2D eigenvalue weighted by Crippen LogP contribution is -2.51. The molecule has 0 aromatic rings. The highest BCUT2D eigenvalue weighted by Crippen LogP contribution is 2.29. The van der Waals surface area contributed by atoms with E-state index in [9.17, 15) is 0 Å². The zero-order chi connectivity index (χ0) is 7.90. The van der Waals surface area contributed by atoms with Gasteiger partial charge in [-0.1, -0.05) is 0 Å². The molecule has 4 N–H and O–H groups in total. The van der Waals surface area contributed by atoms with E-state index >= 15 is 0 Å². The van der Waals surface area contributed by atoms with Crippen molar-refractivity contribution in [1.82, 2.24) is 10.6 Å². The van der Waals surface area contributed by atoms with Gasteiger partial charge in [0.2, 0.25) is 0 Å². The molecular weight excluding hydrogens is 138 g/mol. The van der Waals surface area contributed by atoms with Crippen LogP contribution >= 0.6 is 0 Å². The Bertz CT molecular complexity index is 155. The summed E-state index contributed by atoms with van der Waals surface area (Å²) in [5.41, 5.74) is 6.14. The second kappa shape index (κ2) is 2.44. The zero-order valence-corrected chi connectivity index (χ0v) is 7.06. The van der Waals surface area contributed by atoms with Gasteiger partial charge in [-0.2, -0.15) is 0 Å². The predicted octanol–water partition coefficient (Wildman–Crippen LogP) is -0.367. The van der Waals surface area contributed by atoms with Gasteiger partial charge < -0.3 is 11.1 Å². The Balaban J connectivity index is 2.10. The Labute approximate surface area is 67.7 Å². The highest BCUT2D eigenvalue weighted by molar-refractivity contribution is 5.02. The van der Waals surface area contributed by atoms with Crippen molar-refractivity contribution < 1.29 is 0 Å². The molecule has 2 heterocycles. The largest absolute Gasteiger partial charge is 0.324 e. The maximum atomic E-state index is 6.13. The van der Waals surface area contributed by atoms with Crippen LogP contribution in [0.25, 0.3) is 0 Å². The fourth-order valence-electron chi connectivity index (χ4n) is 2.27. The summed E-state index contributed by atoms with van der Waals surface area (Å²) in [6.45, 7) is 4.25. The van der Waals surface area contributed by atoms with Gasteiger partial charge in [0.1, 0.15) is 0 Å². The van der Waals surface area contributed by atoms with E-state index in [4.69, 9.17) is 5.73 Å². The molecule has 2 saturated heterocycles. The van der Waals surface area contributed by atoms with Gasteiger partial charge in [-0.3, -0.25) is 5.32 Å². The first-order valence-corrected chi connectivity index (χ1v) is 4.46. The van der Waals surface area contributed by atoms with E-state index in [0.29, 0.717) is 12.1 Å². The van der Waals surface area contributed by atoms with Crippen molar-refractivity contribution in [1.29, 1.82) is 0 Å². The summed E-state index contributed by atoms with van der Waals surface area (Å²) in [4.78, 5) is 0. The van der Waals surface area contributed by atoms with Crippen LogP contribution in [-0.2, 0) is 0 Å². The van der Waals surface area contributed by atoms with Crippen molar-refractivity contribution in [2.45, 2.75) is 31.5 Å². The fraction of sp³-hybridized carbons (Fsp3) is 1.00. The third-order valence-electron chi connectivity index (χ3n) is 3.01. The van der Waals surface area contributed by atoms with Gasteiger partial charge in [0.15, 0.2) is 0 Å². The summed E-state index contributed by atoms with van der Waals surface area (Å²) in [6.07, 6.45) is 3.03. The van der Waals surface area contributed by atoms with Gasteiger partial charge in [0.25, 0.3) is 0 Å². The minimum absolute atomic E-state index is 0.0120. The van der Waals surface area contributed by atoms with Crippen LogP contribution in [-0.4, -0.2) is 24.8 Å². The van der Waals surface area contributed by atoms with Gasteiger partial charge in [-0.15, -0.1) is 0 Å². The molecule has 3 unspecified atom stereocenters. The minimum atomic E-state index is 0.0120. The van der Waals surface area contributed by atoms with Crippen LogP contribution in [0.4, 0.5) is 0 Å². The van der Waals surface area contributed by atoms with Crippen LogP contribution in [0.1, 0.15) is 19.8 Å². The summed E-state index contributed by atoms with van der Waals surface area (Å²) in [7, 11) is 0. The van der Waals surface area contributed by atoms with Gasteiger partial charge in [0, 0.05) is 18.0 Å². The smallest absolute Gasteiger partial charge is 0.0619 e. The maximum Gasteiger partial charge on any atom is 0.0619 e. The number of hydrogen-bond donors (Lipinski definition) is 3. The van der Waals surface area contributed by atoms with Crippen molar-refractivity contribution in [2.75, 3.05) is 13.1 Å². The molecule has 3 heteroatoms. The lowest BCUT2D eigenvalue weighted by atomic mass is 9.83. The van der Waals surface area contributed by atoms with Crippen LogP contribution in [0.2, 0.25) is 0 Å². The first-order chi connectivity index (χ1) is 5.20. The van der Waals surface area contributed by atoms with Crippen LogP contribution in [0.15, 0.2) is 0 Å². The van der Waals surface area contributed by atoms with Crippen LogP contribution in [0.3, 0.4) is 0 Å². The molecule has 64 valence electrons. The molecule has 2 rings (SSSR count). The molecule has 0 aliphatic carbocycles. The molecule has 0 aromatic heterocycles. The normalized spacial score (nSPS) is 50.7. The topological polar surface area (TPSA) is 50.1 Å². The lowest BCUT2D eigenvalue weighted by Gasteiger charge is -2.33. The molecule has 0 amide bonds. The van der Waals surface area contributed by atoms with Crippen molar-refractivity contribution in [3.8, 4) is 0 Å². The molecule has 2 fully saturated rings. The van der Waals surface area contributed by atoms with Crippen molar-refractivity contribution >= 4 is 0 Å². The maximum absolute atomic E-state index is 6.13. The molecule has 0 aromatic carbocycles. The van der Waals surface area contributed by atoms with E-state index in [1.807, 2.05) is 0 Å². The van der Waals surface area contributed by atoms with Gasteiger partial charge in [0.05, 0.1) is 6.17 Å². The van der Waals surface area contributed by atoms with Gasteiger partial charge >= 0.3 is 0 Å². The number of nitrogens with two attached hydrogens (primary N) is 1. The molecule has 0 saturated carbocycles. The Morgan fingerprint density at radius 1 is 1.45 bits per heavy atom. The second-order valence-corrected chi connectivity index (χ2v) is 4.07. The molecule has 11 heavy (non-hydrogen) atoms. The first kappa shape index (κ1) is 7.53. The summed E-state index contributed by atoms with van der Waals surface area (Å²) in [5, 5.41) is 6.86. The fourth-order valence-corrected chi connectivity index (χ4v) is 2.27. The summed E-state index contributed by atoms with van der Waals surface area (Å²) in [6, 6.07) is 0. The first-order valence-electron chi connectivity index (χ1n) is 4.46. The quantitative estimate of drug-likeness (QED) is 0.447. The average Bonchev–Trinajstić information content (AvgIpc) is 2.29. The van der Waals surface area contributed by atoms with E-state index in [1.165, 1.54) is 12.8 Å². The minimum Gasteiger partial charge on any atom is -0.324 e. The van der Waals surface area contributed by atoms with Crippen LogP contribution < -0.4 is 16.4 Å². The Hall–Kier alpha value is -0.120. The van der Waals surface area contributed by atoms with E-state index in [-0.39, 0.29) is 5.54 Å². The standard InChI is InChI=1S/C8H17N3/c1-8(9)5-11-7-6(8)3-2-4-10-7/h6-7,10-11H,2-5,9H2,1H3. The molecule has 2 aliphatic heterocycles. The summed E-state index contributed by atoms with van der Waals surface area (Å²) < 4.78 is 0. The third kappa shape index (κ3) is 1.17. The second-order valence-electron chi connectivity index (χ2n) is 4.07. The molecule has 2 aliphatic rings. The Kier molecular flexibility index (Phi) is 1.67. The summed E-state index contributed by atoms with van der Waals surface area (Å²) >= 11 is 0. The highest BCUT2D eigenvalue weighted by Gasteiger charge is 2.42. The summed E-state index contributed by atoms with van der Waals surface area (Å²) in [5.74, 6) is 0.635. The number of hydrogen-bond acceptors (Lipinski definition) is 3. The Morgan fingerprint density at radius 3 is 3.00 bits per heavy atom. The van der Waals surface area contributed by atoms with E-state index in [1.54, 1.807) is 0 Å². The molecule has 0 bridgehead atoms. The van der Waals surface area contributed by atoms with E-state index in [0.717, 1.165) is 13.1 Å². The average molecular weight is 155 g/mol. The van der Waals surface area contributed by atoms with Crippen molar-refractivity contribution in [3.63, 3.8) is 0 Å². The number of rotatable bonds is 0. The molecular formula is C8H17N3. The van der Waals surface area contributed by atoms with Crippen LogP contribution in [0, 0.1) is 5.92 Å². The third-order valence-corrected chi connectivity index (χ3v) is 3.01. The molecule has 0 spiro atoms. The molecule has 0 radical (unpaired) electrons. The number of nitrogens with one attached hydrogen (secondary N) is 2. The molecule has 3 atom stereocenters. The number of piperidine rings is 1. The highest BCUT2D eigenvalue weighted by atomic mass is 15.2. The van der Waals surface area contributed by atoms with Crippen LogP contribution in [0.5, 0.6) is 0 Å². The number of fused-ring (bicyclic) bond motifs is 1. The van der Waals surface area contributed by atoms with E-state index < -0.39 is 0 Å². The predicted molar refractivity (Wildman–Crippen MR) is 45.1 cm³/mol. The van der Waals surface area contributed by atoms with Gasteiger partial charge in [-0.05, 0) is 26.3 Å². The van der Waals surface area contributed by atoms with Gasteiger partial charge in [-0.25, -0.2) is 0 Å².